The number of hydrogen-bond acceptors (Lipinski definition) is 5. The van der Waals surface area contributed by atoms with Crippen LogP contribution >= 0.6 is 0 Å². The Morgan fingerprint density at radius 3 is 1.48 bits per heavy atom. The van der Waals surface area contributed by atoms with Crippen molar-refractivity contribution in [3.63, 3.8) is 0 Å². The second-order valence-electron chi connectivity index (χ2n) is 12.1. The molecule has 1 atom stereocenters. The third kappa shape index (κ3) is 5.42. The van der Waals surface area contributed by atoms with E-state index in [1.54, 1.807) is 6.20 Å². The van der Waals surface area contributed by atoms with Crippen molar-refractivity contribution in [3.8, 4) is 78.7 Å². The maximum absolute atomic E-state index is 13.8. The number of nitrogens with zero attached hydrogens (tertiary/aromatic N) is 4. The first-order valence-corrected chi connectivity index (χ1v) is 17.5. The topological polar surface area (TPSA) is 68.6 Å². The van der Waals surface area contributed by atoms with Gasteiger partial charge in [0.15, 0.2) is 17.5 Å². The standard InChI is InChI=1S/C44H28N4OS/c49-50-39-25-24-35(36-13-8-26-45-28-36)27-38(39)41-37(14-7-15-40(41)50)44-47-42(33-20-16-31(17-21-33)29-9-3-1-4-10-29)46-43(48-44)34-22-18-32(19-23-34)30-11-5-2-6-12-30/h1-28H. The van der Waals surface area contributed by atoms with E-state index in [9.17, 15) is 4.21 Å². The van der Waals surface area contributed by atoms with Gasteiger partial charge in [-0.2, -0.15) is 0 Å². The Bertz CT molecular complexity index is 2420. The molecule has 9 rings (SSSR count). The Morgan fingerprint density at radius 1 is 0.380 bits per heavy atom. The average Bonchev–Trinajstić information content (AvgIpc) is 3.49. The van der Waals surface area contributed by atoms with Crippen LogP contribution in [-0.2, 0) is 10.8 Å². The maximum Gasteiger partial charge on any atom is 0.164 e. The van der Waals surface area contributed by atoms with Crippen LogP contribution in [0.1, 0.15) is 0 Å². The minimum absolute atomic E-state index is 0.526. The molecule has 236 valence electrons. The van der Waals surface area contributed by atoms with Crippen LogP contribution in [0.15, 0.2) is 180 Å². The summed E-state index contributed by atoms with van der Waals surface area (Å²) in [6, 6.07) is 53.2. The van der Waals surface area contributed by atoms with Gasteiger partial charge in [-0.15, -0.1) is 0 Å². The molecule has 1 aliphatic heterocycles. The van der Waals surface area contributed by atoms with Gasteiger partial charge < -0.3 is 0 Å². The lowest BCUT2D eigenvalue weighted by atomic mass is 9.96. The minimum Gasteiger partial charge on any atom is -0.264 e. The van der Waals surface area contributed by atoms with Crippen molar-refractivity contribution in [1.29, 1.82) is 0 Å². The first-order valence-electron chi connectivity index (χ1n) is 16.4. The highest BCUT2D eigenvalue weighted by molar-refractivity contribution is 7.85. The van der Waals surface area contributed by atoms with Gasteiger partial charge in [0.2, 0.25) is 0 Å². The zero-order chi connectivity index (χ0) is 33.4. The first kappa shape index (κ1) is 29.7. The van der Waals surface area contributed by atoms with Crippen molar-refractivity contribution in [2.24, 2.45) is 0 Å². The maximum atomic E-state index is 13.8. The molecule has 50 heavy (non-hydrogen) atoms. The quantitative estimate of drug-likeness (QED) is 0.178. The number of pyridine rings is 1. The third-order valence-electron chi connectivity index (χ3n) is 9.05. The summed E-state index contributed by atoms with van der Waals surface area (Å²) < 4.78 is 13.8. The van der Waals surface area contributed by atoms with Gasteiger partial charge in [0.25, 0.3) is 0 Å². The van der Waals surface area contributed by atoms with Crippen LogP contribution in [0, 0.1) is 0 Å². The van der Waals surface area contributed by atoms with Crippen molar-refractivity contribution in [2.45, 2.75) is 9.79 Å². The first-order chi connectivity index (χ1) is 24.7. The zero-order valence-electron chi connectivity index (χ0n) is 26.8. The summed E-state index contributed by atoms with van der Waals surface area (Å²) in [6.45, 7) is 0. The van der Waals surface area contributed by atoms with E-state index in [1.165, 1.54) is 0 Å². The van der Waals surface area contributed by atoms with E-state index >= 15 is 0 Å². The molecule has 6 heteroatoms. The number of fused-ring (bicyclic) bond motifs is 3. The van der Waals surface area contributed by atoms with E-state index in [4.69, 9.17) is 15.0 Å². The molecule has 2 aromatic heterocycles. The monoisotopic (exact) mass is 660 g/mol. The highest BCUT2D eigenvalue weighted by Crippen LogP contribution is 2.47. The Morgan fingerprint density at radius 2 is 0.900 bits per heavy atom. The number of aromatic nitrogens is 4. The highest BCUT2D eigenvalue weighted by atomic mass is 32.2. The van der Waals surface area contributed by atoms with Gasteiger partial charge in [-0.25, -0.2) is 19.2 Å². The van der Waals surface area contributed by atoms with E-state index < -0.39 is 10.8 Å². The van der Waals surface area contributed by atoms with Gasteiger partial charge >= 0.3 is 0 Å². The summed E-state index contributed by atoms with van der Waals surface area (Å²) in [5.74, 6) is 1.66. The Hall–Kier alpha value is -6.37. The lowest BCUT2D eigenvalue weighted by Gasteiger charge is -2.12. The molecule has 0 bridgehead atoms. The van der Waals surface area contributed by atoms with Gasteiger partial charge in [-0.05, 0) is 52.1 Å². The Labute approximate surface area is 292 Å². The largest absolute Gasteiger partial charge is 0.264 e. The van der Waals surface area contributed by atoms with Gasteiger partial charge in [0.1, 0.15) is 0 Å². The molecule has 0 saturated heterocycles. The highest BCUT2D eigenvalue weighted by Gasteiger charge is 2.30. The lowest BCUT2D eigenvalue weighted by Crippen LogP contribution is -2.01. The SMILES string of the molecule is O=S1c2ccc(-c3cccnc3)cc2-c2c(-c3nc(-c4ccc(-c5ccccc5)cc4)nc(-c4ccc(-c5ccccc5)cc4)n3)cccc21. The normalized spacial score (nSPS) is 13.1. The summed E-state index contributed by atoms with van der Waals surface area (Å²) in [4.78, 5) is 21.1. The van der Waals surface area contributed by atoms with Crippen molar-refractivity contribution < 1.29 is 4.21 Å². The fraction of sp³-hybridized carbons (Fsp3) is 0. The van der Waals surface area contributed by atoms with Crippen LogP contribution in [0.5, 0.6) is 0 Å². The summed E-state index contributed by atoms with van der Waals surface area (Å²) in [6.07, 6.45) is 3.61. The van der Waals surface area contributed by atoms with Crippen LogP contribution in [0.25, 0.3) is 78.7 Å². The van der Waals surface area contributed by atoms with Crippen molar-refractivity contribution in [2.75, 3.05) is 0 Å². The number of rotatable bonds is 6. The molecular weight excluding hydrogens is 633 g/mol. The summed E-state index contributed by atoms with van der Waals surface area (Å²) >= 11 is 0. The summed E-state index contributed by atoms with van der Waals surface area (Å²) in [5.41, 5.74) is 10.9. The molecule has 1 aliphatic rings. The Balaban J connectivity index is 1.20. The van der Waals surface area contributed by atoms with E-state index in [1.807, 2.05) is 85.1 Å². The van der Waals surface area contributed by atoms with Crippen LogP contribution in [0.3, 0.4) is 0 Å². The fourth-order valence-electron chi connectivity index (χ4n) is 6.51. The van der Waals surface area contributed by atoms with E-state index in [-0.39, 0.29) is 0 Å². The van der Waals surface area contributed by atoms with Crippen molar-refractivity contribution in [3.05, 3.63) is 170 Å². The molecule has 0 radical (unpaired) electrons. The zero-order valence-corrected chi connectivity index (χ0v) is 27.6. The van der Waals surface area contributed by atoms with Gasteiger partial charge in [-0.3, -0.25) is 4.98 Å². The smallest absolute Gasteiger partial charge is 0.164 e. The van der Waals surface area contributed by atoms with E-state index in [0.29, 0.717) is 17.5 Å². The van der Waals surface area contributed by atoms with E-state index in [2.05, 4.69) is 83.8 Å². The van der Waals surface area contributed by atoms with Crippen LogP contribution in [0.2, 0.25) is 0 Å². The molecule has 0 N–H and O–H groups in total. The molecule has 3 heterocycles. The second-order valence-corrected chi connectivity index (χ2v) is 13.5. The fourth-order valence-corrected chi connectivity index (χ4v) is 7.90. The molecule has 0 saturated carbocycles. The third-order valence-corrected chi connectivity index (χ3v) is 10.5. The van der Waals surface area contributed by atoms with Crippen LogP contribution in [0.4, 0.5) is 0 Å². The Kier molecular flexibility index (Phi) is 7.48. The average molecular weight is 661 g/mol. The predicted octanol–water partition coefficient (Wildman–Crippen LogP) is 10.4. The van der Waals surface area contributed by atoms with Gasteiger partial charge in [-0.1, -0.05) is 133 Å². The lowest BCUT2D eigenvalue weighted by molar-refractivity contribution is 0.685. The predicted molar refractivity (Wildman–Crippen MR) is 200 cm³/mol. The molecule has 1 unspecified atom stereocenters. The minimum atomic E-state index is -1.33. The molecule has 8 aromatic rings. The molecule has 0 fully saturated rings. The molecule has 0 aliphatic carbocycles. The number of hydrogen-bond donors (Lipinski definition) is 0. The van der Waals surface area contributed by atoms with Crippen LogP contribution in [-0.4, -0.2) is 24.1 Å². The molecule has 6 aromatic carbocycles. The van der Waals surface area contributed by atoms with Gasteiger partial charge in [0.05, 0.1) is 20.6 Å². The molecule has 0 amide bonds. The second kappa shape index (κ2) is 12.6. The molecule has 0 spiro atoms. The number of benzene rings is 6. The van der Waals surface area contributed by atoms with E-state index in [0.717, 1.165) is 71.0 Å². The van der Waals surface area contributed by atoms with Crippen molar-refractivity contribution in [1.82, 2.24) is 19.9 Å². The molecular formula is C44H28N4OS. The summed E-state index contributed by atoms with van der Waals surface area (Å²) in [5, 5.41) is 0. The van der Waals surface area contributed by atoms with Crippen molar-refractivity contribution >= 4 is 10.8 Å². The summed E-state index contributed by atoms with van der Waals surface area (Å²) in [7, 11) is -1.33. The van der Waals surface area contributed by atoms with Gasteiger partial charge in [0, 0.05) is 45.8 Å². The van der Waals surface area contributed by atoms with Crippen LogP contribution < -0.4 is 0 Å². The molecule has 5 nitrogen and oxygen atoms in total.